The van der Waals surface area contributed by atoms with Gasteiger partial charge in [-0.3, -0.25) is 24.0 Å². The number of hydrogen-bond donors (Lipinski definition) is 6. The minimum atomic E-state index is -1.21. The SMILES string of the molecule is C=NNC(=O)CCC(NC(=O)C(CCC(=O)NN=C)NC(=O)C(CCCCN=[N+]=[N-])NC)C(N)=O. The molecule has 0 bridgehead atoms. The van der Waals surface area contributed by atoms with E-state index in [9.17, 15) is 24.0 Å². The first-order valence-electron chi connectivity index (χ1n) is 10.8. The van der Waals surface area contributed by atoms with E-state index in [1.54, 1.807) is 7.05 Å². The Kier molecular flexibility index (Phi) is 16.3. The van der Waals surface area contributed by atoms with E-state index >= 15 is 0 Å². The molecule has 3 unspecified atom stereocenters. The van der Waals surface area contributed by atoms with Crippen LogP contribution >= 0.6 is 0 Å². The highest BCUT2D eigenvalue weighted by molar-refractivity contribution is 5.93. The van der Waals surface area contributed by atoms with Crippen LogP contribution < -0.4 is 32.5 Å². The molecule has 0 fully saturated rings. The first kappa shape index (κ1) is 31.0. The summed E-state index contributed by atoms with van der Waals surface area (Å²) in [5.41, 5.74) is 17.9. The molecule has 0 aromatic rings. The average Bonchev–Trinajstić information content (AvgIpc) is 2.81. The van der Waals surface area contributed by atoms with Gasteiger partial charge in [-0.25, -0.2) is 10.9 Å². The molecule has 0 spiro atoms. The number of nitrogens with one attached hydrogen (secondary N) is 5. The number of nitrogens with two attached hydrogens (primary N) is 1. The zero-order chi connectivity index (χ0) is 26.6. The van der Waals surface area contributed by atoms with E-state index in [4.69, 9.17) is 11.3 Å². The van der Waals surface area contributed by atoms with Crippen molar-refractivity contribution in [1.82, 2.24) is 26.8 Å². The Morgan fingerprint density at radius 1 is 0.857 bits per heavy atom. The third kappa shape index (κ3) is 14.0. The molecule has 3 atom stereocenters. The summed E-state index contributed by atoms with van der Waals surface area (Å²) in [4.78, 5) is 63.4. The summed E-state index contributed by atoms with van der Waals surface area (Å²) >= 11 is 0. The van der Waals surface area contributed by atoms with Crippen molar-refractivity contribution in [2.24, 2.45) is 21.1 Å². The highest BCUT2D eigenvalue weighted by atomic mass is 16.2. The van der Waals surface area contributed by atoms with Crippen LogP contribution in [0.3, 0.4) is 0 Å². The Labute approximate surface area is 202 Å². The minimum Gasteiger partial charge on any atom is -0.368 e. The van der Waals surface area contributed by atoms with Gasteiger partial charge in [-0.1, -0.05) is 11.5 Å². The van der Waals surface area contributed by atoms with Crippen LogP contribution in [0.15, 0.2) is 15.3 Å². The second kappa shape index (κ2) is 18.4. The Hall–Kier alpha value is -4.04. The van der Waals surface area contributed by atoms with E-state index in [0.29, 0.717) is 25.8 Å². The molecule has 194 valence electrons. The Morgan fingerprint density at radius 2 is 1.37 bits per heavy atom. The quantitative estimate of drug-likeness (QED) is 0.0311. The highest BCUT2D eigenvalue weighted by Gasteiger charge is 2.28. The van der Waals surface area contributed by atoms with Gasteiger partial charge in [-0.2, -0.15) is 10.2 Å². The largest absolute Gasteiger partial charge is 0.368 e. The maximum atomic E-state index is 12.9. The minimum absolute atomic E-state index is 0.113. The number of unbranched alkanes of at least 4 members (excludes halogenated alkanes) is 1. The lowest BCUT2D eigenvalue weighted by atomic mass is 10.1. The second-order valence-electron chi connectivity index (χ2n) is 7.28. The normalized spacial score (nSPS) is 12.6. The molecule has 0 saturated heterocycles. The summed E-state index contributed by atoms with van der Waals surface area (Å²) in [5, 5.41) is 17.7. The summed E-state index contributed by atoms with van der Waals surface area (Å²) in [6.45, 7) is 6.54. The molecule has 0 aromatic carbocycles. The third-order valence-electron chi connectivity index (χ3n) is 4.75. The molecule has 0 heterocycles. The van der Waals surface area contributed by atoms with Gasteiger partial charge in [-0.05, 0) is 38.3 Å². The number of rotatable bonds is 19. The van der Waals surface area contributed by atoms with E-state index in [-0.39, 0.29) is 25.7 Å². The predicted molar refractivity (Wildman–Crippen MR) is 128 cm³/mol. The van der Waals surface area contributed by atoms with Crippen LogP contribution in [-0.2, 0) is 24.0 Å². The van der Waals surface area contributed by atoms with Gasteiger partial charge in [0.1, 0.15) is 12.1 Å². The van der Waals surface area contributed by atoms with Crippen molar-refractivity contribution in [3.05, 3.63) is 10.4 Å². The van der Waals surface area contributed by atoms with Crippen molar-refractivity contribution < 1.29 is 24.0 Å². The maximum absolute atomic E-state index is 12.9. The molecule has 0 aromatic heterocycles. The van der Waals surface area contributed by atoms with Crippen molar-refractivity contribution in [2.75, 3.05) is 13.6 Å². The zero-order valence-corrected chi connectivity index (χ0v) is 19.7. The summed E-state index contributed by atoms with van der Waals surface area (Å²) in [7, 11) is 1.57. The van der Waals surface area contributed by atoms with Crippen LogP contribution in [0.2, 0.25) is 0 Å². The van der Waals surface area contributed by atoms with Crippen LogP contribution in [0.4, 0.5) is 0 Å². The van der Waals surface area contributed by atoms with Crippen molar-refractivity contribution in [1.29, 1.82) is 0 Å². The lowest BCUT2D eigenvalue weighted by Crippen LogP contribution is -2.55. The lowest BCUT2D eigenvalue weighted by Gasteiger charge is -2.24. The van der Waals surface area contributed by atoms with Gasteiger partial charge >= 0.3 is 0 Å². The third-order valence-corrected chi connectivity index (χ3v) is 4.75. The van der Waals surface area contributed by atoms with Gasteiger partial charge in [0.15, 0.2) is 0 Å². The number of carbonyl (C=O) groups is 5. The molecular weight excluding hydrogens is 462 g/mol. The van der Waals surface area contributed by atoms with Crippen LogP contribution in [0.5, 0.6) is 0 Å². The topological polar surface area (TPSA) is 245 Å². The Morgan fingerprint density at radius 3 is 1.86 bits per heavy atom. The fraction of sp³-hybridized carbons (Fsp3) is 0.632. The number of likely N-dealkylation sites (N-methyl/N-ethyl adjacent to an activating group) is 1. The molecule has 7 N–H and O–H groups in total. The van der Waals surface area contributed by atoms with Gasteiger partial charge in [0.25, 0.3) is 0 Å². The number of primary amides is 1. The first-order valence-corrected chi connectivity index (χ1v) is 10.8. The fourth-order valence-corrected chi connectivity index (χ4v) is 2.92. The van der Waals surface area contributed by atoms with E-state index < -0.39 is 47.7 Å². The number of nitrogens with zero attached hydrogens (tertiary/aromatic N) is 5. The second-order valence-corrected chi connectivity index (χ2v) is 7.28. The Balaban J connectivity index is 5.30. The van der Waals surface area contributed by atoms with Gasteiger partial charge in [0.05, 0.1) is 6.04 Å². The smallest absolute Gasteiger partial charge is 0.243 e. The van der Waals surface area contributed by atoms with E-state index in [1.807, 2.05) is 0 Å². The fourth-order valence-electron chi connectivity index (χ4n) is 2.92. The van der Waals surface area contributed by atoms with Gasteiger partial charge in [-0.15, -0.1) is 0 Å². The van der Waals surface area contributed by atoms with Crippen LogP contribution in [0, 0.1) is 0 Å². The molecule has 0 radical (unpaired) electrons. The molecule has 16 heteroatoms. The van der Waals surface area contributed by atoms with Crippen LogP contribution in [-0.4, -0.2) is 74.7 Å². The number of azide groups is 1. The van der Waals surface area contributed by atoms with E-state index in [1.165, 1.54) is 0 Å². The first-order chi connectivity index (χ1) is 16.7. The van der Waals surface area contributed by atoms with Crippen molar-refractivity contribution in [3.63, 3.8) is 0 Å². The van der Waals surface area contributed by atoms with Crippen LogP contribution in [0.1, 0.15) is 44.9 Å². The molecule has 0 aliphatic carbocycles. The molecule has 35 heavy (non-hydrogen) atoms. The van der Waals surface area contributed by atoms with Gasteiger partial charge in [0.2, 0.25) is 29.5 Å². The zero-order valence-electron chi connectivity index (χ0n) is 19.7. The van der Waals surface area contributed by atoms with Gasteiger partial charge in [0, 0.05) is 37.7 Å². The number of amides is 5. The lowest BCUT2D eigenvalue weighted by molar-refractivity contribution is -0.133. The highest BCUT2D eigenvalue weighted by Crippen LogP contribution is 2.06. The summed E-state index contributed by atoms with van der Waals surface area (Å²) < 4.78 is 0. The molecular formula is C19H33N11O5. The van der Waals surface area contributed by atoms with Crippen molar-refractivity contribution in [2.45, 2.75) is 63.1 Å². The summed E-state index contributed by atoms with van der Waals surface area (Å²) in [6.07, 6.45) is 0.968. The van der Waals surface area contributed by atoms with E-state index in [0.717, 1.165) is 0 Å². The van der Waals surface area contributed by atoms with Crippen molar-refractivity contribution >= 4 is 43.0 Å². The monoisotopic (exact) mass is 495 g/mol. The standard InChI is InChI=1S/C19H33N11O5/c1-22-13(6-4-5-11-25-30-21)18(34)27-14(8-10-16(32)29-24-3)19(35)26-12(17(20)33)7-9-15(31)28-23-2/h12-14,22H,2-11H2,1H3,(H2,20,33)(H,26,35)(H,27,34)(H,28,31)(H,29,32). The molecule has 0 rings (SSSR count). The number of carbonyl (C=O) groups excluding carboxylic acids is 5. The average molecular weight is 496 g/mol. The Bertz CT molecular complexity index is 813. The van der Waals surface area contributed by atoms with Crippen LogP contribution in [0.25, 0.3) is 10.4 Å². The molecule has 0 saturated carbocycles. The summed E-state index contributed by atoms with van der Waals surface area (Å²) in [5.74, 6) is -3.22. The molecule has 5 amide bonds. The van der Waals surface area contributed by atoms with Gasteiger partial charge < -0.3 is 21.7 Å². The molecule has 0 aliphatic rings. The number of hydrogen-bond acceptors (Lipinski definition) is 9. The predicted octanol–water partition coefficient (Wildman–Crippen LogP) is -1.47. The van der Waals surface area contributed by atoms with Crippen molar-refractivity contribution in [3.8, 4) is 0 Å². The number of hydrazone groups is 2. The van der Waals surface area contributed by atoms with E-state index in [2.05, 4.69) is 60.5 Å². The maximum Gasteiger partial charge on any atom is 0.243 e. The summed E-state index contributed by atoms with van der Waals surface area (Å²) in [6, 6.07) is -3.06. The molecule has 0 aliphatic heterocycles. The molecule has 16 nitrogen and oxygen atoms in total.